The summed E-state index contributed by atoms with van der Waals surface area (Å²) in [6.07, 6.45) is 5.81. The van der Waals surface area contributed by atoms with Gasteiger partial charge in [0.25, 0.3) is 0 Å². The predicted octanol–water partition coefficient (Wildman–Crippen LogP) is 2.21. The van der Waals surface area contributed by atoms with Crippen LogP contribution in [0.2, 0.25) is 0 Å². The number of hydrogen-bond acceptors (Lipinski definition) is 4. The molecule has 6 nitrogen and oxygen atoms in total. The average Bonchev–Trinajstić information content (AvgIpc) is 3.19. The van der Waals surface area contributed by atoms with Crippen LogP contribution < -0.4 is 9.62 Å². The molecule has 0 radical (unpaired) electrons. The van der Waals surface area contributed by atoms with Gasteiger partial charge >= 0.3 is 5.97 Å². The number of carboxylic acids is 1. The van der Waals surface area contributed by atoms with Crippen LogP contribution in [-0.4, -0.2) is 38.6 Å². The minimum atomic E-state index is -3.67. The second kappa shape index (κ2) is 6.49. The number of benzene rings is 1. The van der Waals surface area contributed by atoms with Gasteiger partial charge in [-0.05, 0) is 43.9 Å². The molecule has 1 aromatic carbocycles. The Morgan fingerprint density at radius 1 is 1.13 bits per heavy atom. The molecular weight excluding hydrogens is 316 g/mol. The van der Waals surface area contributed by atoms with Gasteiger partial charge in [0.1, 0.15) is 0 Å². The molecule has 0 spiro atoms. The number of nitrogens with one attached hydrogen (secondary N) is 1. The standard InChI is InChI=1S/C16H22N2O4S/c19-16(20)14-11-13(7-8-15(14)18-9-3-4-10-18)23(21,22)17-12-5-1-2-6-12/h7-8,11-12,17H,1-6,9-10H2,(H,19,20). The number of carboxylic acid groups (broad SMARTS) is 1. The maximum Gasteiger partial charge on any atom is 0.337 e. The zero-order valence-corrected chi connectivity index (χ0v) is 13.8. The van der Waals surface area contributed by atoms with Crippen LogP contribution in [0.3, 0.4) is 0 Å². The molecule has 2 fully saturated rings. The Balaban J connectivity index is 1.90. The molecule has 0 unspecified atom stereocenters. The molecule has 3 rings (SSSR count). The largest absolute Gasteiger partial charge is 0.478 e. The minimum absolute atomic E-state index is 0.0322. The first-order valence-electron chi connectivity index (χ1n) is 8.12. The smallest absolute Gasteiger partial charge is 0.337 e. The Bertz CT molecular complexity index is 690. The first-order valence-corrected chi connectivity index (χ1v) is 9.60. The number of rotatable bonds is 5. The van der Waals surface area contributed by atoms with Crippen LogP contribution in [0, 0.1) is 0 Å². The molecule has 23 heavy (non-hydrogen) atoms. The van der Waals surface area contributed by atoms with Gasteiger partial charge in [-0.15, -0.1) is 0 Å². The quantitative estimate of drug-likeness (QED) is 0.859. The minimum Gasteiger partial charge on any atom is -0.478 e. The highest BCUT2D eigenvalue weighted by molar-refractivity contribution is 7.89. The van der Waals surface area contributed by atoms with E-state index in [0.717, 1.165) is 51.6 Å². The van der Waals surface area contributed by atoms with Crippen molar-refractivity contribution in [3.63, 3.8) is 0 Å². The molecular formula is C16H22N2O4S. The molecule has 1 aliphatic heterocycles. The van der Waals surface area contributed by atoms with Gasteiger partial charge in [0.15, 0.2) is 0 Å². The second-order valence-corrected chi connectivity index (χ2v) is 7.99. The third-order valence-electron chi connectivity index (χ3n) is 4.63. The molecule has 1 aromatic rings. The van der Waals surface area contributed by atoms with Crippen molar-refractivity contribution in [3.8, 4) is 0 Å². The maximum absolute atomic E-state index is 12.5. The molecule has 126 valence electrons. The van der Waals surface area contributed by atoms with E-state index in [9.17, 15) is 18.3 Å². The zero-order chi connectivity index (χ0) is 16.4. The first kappa shape index (κ1) is 16.3. The third kappa shape index (κ3) is 3.50. The second-order valence-electron chi connectivity index (χ2n) is 6.28. The lowest BCUT2D eigenvalue weighted by molar-refractivity contribution is 0.0697. The fourth-order valence-electron chi connectivity index (χ4n) is 3.42. The topological polar surface area (TPSA) is 86.7 Å². The van der Waals surface area contributed by atoms with Crippen molar-refractivity contribution in [2.75, 3.05) is 18.0 Å². The van der Waals surface area contributed by atoms with E-state index in [4.69, 9.17) is 0 Å². The van der Waals surface area contributed by atoms with Gasteiger partial charge in [-0.25, -0.2) is 17.9 Å². The zero-order valence-electron chi connectivity index (χ0n) is 13.0. The van der Waals surface area contributed by atoms with Crippen molar-refractivity contribution in [1.29, 1.82) is 0 Å². The van der Waals surface area contributed by atoms with Gasteiger partial charge in [-0.3, -0.25) is 0 Å². The lowest BCUT2D eigenvalue weighted by Crippen LogP contribution is -2.32. The van der Waals surface area contributed by atoms with Crippen molar-refractivity contribution in [2.45, 2.75) is 49.5 Å². The highest BCUT2D eigenvalue weighted by Gasteiger charge is 2.26. The van der Waals surface area contributed by atoms with Gasteiger partial charge in [-0.2, -0.15) is 0 Å². The van der Waals surface area contributed by atoms with Crippen molar-refractivity contribution < 1.29 is 18.3 Å². The molecule has 1 saturated carbocycles. The van der Waals surface area contributed by atoms with Gasteiger partial charge in [0.2, 0.25) is 10.0 Å². The lowest BCUT2D eigenvalue weighted by atomic mass is 10.1. The van der Waals surface area contributed by atoms with E-state index >= 15 is 0 Å². The highest BCUT2D eigenvalue weighted by atomic mass is 32.2. The fraction of sp³-hybridized carbons (Fsp3) is 0.562. The lowest BCUT2D eigenvalue weighted by Gasteiger charge is -2.21. The van der Waals surface area contributed by atoms with Crippen LogP contribution in [-0.2, 0) is 10.0 Å². The molecule has 2 aliphatic rings. The van der Waals surface area contributed by atoms with E-state index in [2.05, 4.69) is 4.72 Å². The first-order chi connectivity index (χ1) is 11.0. The Labute approximate surface area is 136 Å². The molecule has 1 heterocycles. The van der Waals surface area contributed by atoms with Gasteiger partial charge in [-0.1, -0.05) is 12.8 Å². The van der Waals surface area contributed by atoms with E-state index in [-0.39, 0.29) is 16.5 Å². The van der Waals surface area contributed by atoms with Gasteiger partial charge in [0.05, 0.1) is 16.1 Å². The summed E-state index contributed by atoms with van der Waals surface area (Å²) >= 11 is 0. The van der Waals surface area contributed by atoms with Crippen LogP contribution in [0.5, 0.6) is 0 Å². The van der Waals surface area contributed by atoms with Crippen LogP contribution >= 0.6 is 0 Å². The third-order valence-corrected chi connectivity index (χ3v) is 6.15. The van der Waals surface area contributed by atoms with Gasteiger partial charge in [0, 0.05) is 19.1 Å². The van der Waals surface area contributed by atoms with E-state index < -0.39 is 16.0 Å². The van der Waals surface area contributed by atoms with Crippen molar-refractivity contribution >= 4 is 21.7 Å². The Morgan fingerprint density at radius 3 is 2.39 bits per heavy atom. The Kier molecular flexibility index (Phi) is 4.59. The molecule has 0 atom stereocenters. The number of anilines is 1. The molecule has 1 aliphatic carbocycles. The normalized spacial score (nSPS) is 19.4. The highest BCUT2D eigenvalue weighted by Crippen LogP contribution is 2.28. The average molecular weight is 338 g/mol. The van der Waals surface area contributed by atoms with Crippen LogP contribution in [0.15, 0.2) is 23.1 Å². The maximum atomic E-state index is 12.5. The summed E-state index contributed by atoms with van der Waals surface area (Å²) in [5.41, 5.74) is 0.663. The van der Waals surface area contributed by atoms with Crippen LogP contribution in [0.25, 0.3) is 0 Å². The summed E-state index contributed by atoms with van der Waals surface area (Å²) in [5, 5.41) is 9.46. The predicted molar refractivity (Wildman–Crippen MR) is 87.4 cm³/mol. The number of carbonyl (C=O) groups is 1. The number of nitrogens with zero attached hydrogens (tertiary/aromatic N) is 1. The van der Waals surface area contributed by atoms with E-state index in [1.165, 1.54) is 12.1 Å². The van der Waals surface area contributed by atoms with Crippen molar-refractivity contribution in [3.05, 3.63) is 23.8 Å². The summed E-state index contributed by atoms with van der Waals surface area (Å²) in [5.74, 6) is -1.09. The number of hydrogen-bond donors (Lipinski definition) is 2. The Morgan fingerprint density at radius 2 is 1.78 bits per heavy atom. The number of aromatic carboxylic acids is 1. The van der Waals surface area contributed by atoms with Crippen LogP contribution in [0.4, 0.5) is 5.69 Å². The van der Waals surface area contributed by atoms with Crippen LogP contribution in [0.1, 0.15) is 48.9 Å². The molecule has 0 amide bonds. The molecule has 2 N–H and O–H groups in total. The summed E-state index contributed by atoms with van der Waals surface area (Å²) in [6, 6.07) is 4.38. The molecule has 0 aromatic heterocycles. The number of sulfonamides is 1. The fourth-order valence-corrected chi connectivity index (χ4v) is 4.75. The summed E-state index contributed by atoms with van der Waals surface area (Å²) in [7, 11) is -3.67. The van der Waals surface area contributed by atoms with Crippen molar-refractivity contribution in [1.82, 2.24) is 4.72 Å². The Hall–Kier alpha value is -1.60. The molecule has 7 heteroatoms. The SMILES string of the molecule is O=C(O)c1cc(S(=O)(=O)NC2CCCC2)ccc1N1CCCC1. The van der Waals surface area contributed by atoms with Crippen molar-refractivity contribution in [2.24, 2.45) is 0 Å². The summed E-state index contributed by atoms with van der Waals surface area (Å²) in [4.78, 5) is 13.6. The van der Waals surface area contributed by atoms with E-state index in [0.29, 0.717) is 5.69 Å². The van der Waals surface area contributed by atoms with E-state index in [1.54, 1.807) is 6.07 Å². The summed E-state index contributed by atoms with van der Waals surface area (Å²) < 4.78 is 27.6. The molecule has 1 saturated heterocycles. The molecule has 0 bridgehead atoms. The monoisotopic (exact) mass is 338 g/mol. The summed E-state index contributed by atoms with van der Waals surface area (Å²) in [6.45, 7) is 1.62. The van der Waals surface area contributed by atoms with E-state index in [1.807, 2.05) is 4.90 Å². The van der Waals surface area contributed by atoms with Gasteiger partial charge < -0.3 is 10.0 Å².